The van der Waals surface area contributed by atoms with E-state index >= 15 is 0 Å². The van der Waals surface area contributed by atoms with Gasteiger partial charge in [-0.25, -0.2) is 0 Å². The van der Waals surface area contributed by atoms with E-state index in [0.717, 1.165) is 29.2 Å². The second kappa shape index (κ2) is 4.09. The van der Waals surface area contributed by atoms with Crippen LogP contribution in [0, 0.1) is 0 Å². The summed E-state index contributed by atoms with van der Waals surface area (Å²) in [6, 6.07) is 0. The van der Waals surface area contributed by atoms with Gasteiger partial charge in [0.15, 0.2) is 11.5 Å². The summed E-state index contributed by atoms with van der Waals surface area (Å²) in [5.41, 5.74) is 0. The number of methoxy groups -OCH3 is 1. The maximum Gasteiger partial charge on any atom is 0.180 e. The van der Waals surface area contributed by atoms with Crippen LogP contribution in [-0.2, 0) is 0 Å². The fraction of sp³-hybridized carbons (Fsp3) is 0.500. The average Bonchev–Trinajstić information content (AvgIpc) is 3.02. The maximum absolute atomic E-state index is 5.78. The Morgan fingerprint density at radius 1 is 1.43 bits per heavy atom. The molecule has 0 saturated heterocycles. The van der Waals surface area contributed by atoms with Gasteiger partial charge in [0.1, 0.15) is 0 Å². The van der Waals surface area contributed by atoms with Crippen molar-refractivity contribution >= 4 is 11.8 Å². The molecule has 14 heavy (non-hydrogen) atoms. The number of rotatable bonds is 4. The quantitative estimate of drug-likeness (QED) is 0.715. The Kier molecular flexibility index (Phi) is 2.82. The molecule has 3 nitrogen and oxygen atoms in total. The van der Waals surface area contributed by atoms with E-state index in [-0.39, 0.29) is 0 Å². The van der Waals surface area contributed by atoms with Gasteiger partial charge in [-0.05, 0) is 19.1 Å². The molecule has 0 amide bonds. The Hall–Kier alpha value is -0.900. The lowest BCUT2D eigenvalue weighted by Gasteiger charge is -2.12. The molecule has 1 aliphatic carbocycles. The van der Waals surface area contributed by atoms with Crippen molar-refractivity contribution in [3.63, 3.8) is 0 Å². The van der Waals surface area contributed by atoms with Crippen LogP contribution in [-0.4, -0.2) is 24.5 Å². The number of nitrogens with zero attached hydrogens (tertiary/aromatic N) is 1. The molecule has 1 heterocycles. The molecule has 1 saturated carbocycles. The average molecular weight is 211 g/mol. The van der Waals surface area contributed by atoms with Crippen LogP contribution >= 0.6 is 11.8 Å². The highest BCUT2D eigenvalue weighted by molar-refractivity contribution is 7.98. The molecule has 0 aromatic carbocycles. The summed E-state index contributed by atoms with van der Waals surface area (Å²) in [4.78, 5) is 5.13. The van der Waals surface area contributed by atoms with E-state index in [1.54, 1.807) is 25.1 Å². The molecule has 0 atom stereocenters. The summed E-state index contributed by atoms with van der Waals surface area (Å²) in [5, 5.41) is 0. The molecule has 4 heteroatoms. The minimum absolute atomic E-state index is 0.386. The molecule has 0 unspecified atom stereocenters. The summed E-state index contributed by atoms with van der Waals surface area (Å²) in [5.74, 6) is 1.57. The predicted molar refractivity (Wildman–Crippen MR) is 56.2 cm³/mol. The first-order chi connectivity index (χ1) is 6.85. The van der Waals surface area contributed by atoms with E-state index in [1.807, 2.05) is 12.5 Å². The van der Waals surface area contributed by atoms with E-state index in [9.17, 15) is 0 Å². The monoisotopic (exact) mass is 211 g/mol. The highest BCUT2D eigenvalue weighted by atomic mass is 32.2. The first-order valence-corrected chi connectivity index (χ1v) is 5.80. The molecular formula is C10H13NO2S. The van der Waals surface area contributed by atoms with Crippen LogP contribution in [0.15, 0.2) is 17.3 Å². The van der Waals surface area contributed by atoms with Crippen LogP contribution < -0.4 is 9.47 Å². The lowest BCUT2D eigenvalue weighted by atomic mass is 10.4. The van der Waals surface area contributed by atoms with E-state index in [4.69, 9.17) is 9.47 Å². The molecule has 0 aliphatic heterocycles. The van der Waals surface area contributed by atoms with Gasteiger partial charge in [0, 0.05) is 6.20 Å². The second-order valence-electron chi connectivity index (χ2n) is 3.19. The number of hydrogen-bond acceptors (Lipinski definition) is 4. The molecule has 1 fully saturated rings. The van der Waals surface area contributed by atoms with Crippen molar-refractivity contribution in [2.45, 2.75) is 23.8 Å². The maximum atomic E-state index is 5.78. The molecule has 0 spiro atoms. The standard InChI is InChI=1S/C10H13NO2S/c1-12-8-5-11-6-9(14-2)10(8)13-7-3-4-7/h5-7H,3-4H2,1-2H3. The summed E-state index contributed by atoms with van der Waals surface area (Å²) in [7, 11) is 1.64. The van der Waals surface area contributed by atoms with E-state index in [2.05, 4.69) is 4.98 Å². The number of hydrogen-bond donors (Lipinski definition) is 0. The Labute approximate surface area is 87.8 Å². The van der Waals surface area contributed by atoms with Crippen LogP contribution in [0.2, 0.25) is 0 Å². The highest BCUT2D eigenvalue weighted by Gasteiger charge is 2.26. The third-order valence-corrected chi connectivity index (χ3v) is 2.81. The lowest BCUT2D eigenvalue weighted by Crippen LogP contribution is -2.00. The van der Waals surface area contributed by atoms with Crippen molar-refractivity contribution in [3.8, 4) is 11.5 Å². The summed E-state index contributed by atoms with van der Waals surface area (Å²) < 4.78 is 11.0. The molecule has 0 bridgehead atoms. The molecule has 0 radical (unpaired) electrons. The van der Waals surface area contributed by atoms with E-state index in [1.165, 1.54) is 0 Å². The Morgan fingerprint density at radius 2 is 2.21 bits per heavy atom. The molecule has 2 rings (SSSR count). The molecule has 0 N–H and O–H groups in total. The van der Waals surface area contributed by atoms with Crippen LogP contribution in [0.4, 0.5) is 0 Å². The third-order valence-electron chi connectivity index (χ3n) is 2.08. The van der Waals surface area contributed by atoms with Crippen LogP contribution in [0.1, 0.15) is 12.8 Å². The topological polar surface area (TPSA) is 31.4 Å². The van der Waals surface area contributed by atoms with Gasteiger partial charge >= 0.3 is 0 Å². The molecular weight excluding hydrogens is 198 g/mol. The second-order valence-corrected chi connectivity index (χ2v) is 4.04. The van der Waals surface area contributed by atoms with Crippen LogP contribution in [0.5, 0.6) is 11.5 Å². The van der Waals surface area contributed by atoms with Crippen molar-refractivity contribution in [1.82, 2.24) is 4.98 Å². The summed E-state index contributed by atoms with van der Waals surface area (Å²) in [6.45, 7) is 0. The number of ether oxygens (including phenoxy) is 2. The number of thioether (sulfide) groups is 1. The van der Waals surface area contributed by atoms with Gasteiger partial charge in [0.25, 0.3) is 0 Å². The normalized spacial score (nSPS) is 15.3. The molecule has 1 aromatic rings. The summed E-state index contributed by atoms with van der Waals surface area (Å²) >= 11 is 1.63. The Morgan fingerprint density at radius 3 is 2.79 bits per heavy atom. The van der Waals surface area contributed by atoms with Gasteiger partial charge in [0.05, 0.1) is 24.3 Å². The lowest BCUT2D eigenvalue weighted by molar-refractivity contribution is 0.274. The van der Waals surface area contributed by atoms with Crippen molar-refractivity contribution in [2.24, 2.45) is 0 Å². The number of pyridine rings is 1. The zero-order valence-corrected chi connectivity index (χ0v) is 9.13. The zero-order valence-electron chi connectivity index (χ0n) is 8.32. The number of aromatic nitrogens is 1. The van der Waals surface area contributed by atoms with Crippen molar-refractivity contribution < 1.29 is 9.47 Å². The predicted octanol–water partition coefficient (Wildman–Crippen LogP) is 2.35. The molecule has 1 aliphatic rings. The van der Waals surface area contributed by atoms with E-state index < -0.39 is 0 Å². The summed E-state index contributed by atoms with van der Waals surface area (Å²) in [6.07, 6.45) is 8.20. The van der Waals surface area contributed by atoms with Gasteiger partial charge < -0.3 is 9.47 Å². The van der Waals surface area contributed by atoms with Gasteiger partial charge in [-0.15, -0.1) is 11.8 Å². The first-order valence-electron chi connectivity index (χ1n) is 4.57. The van der Waals surface area contributed by atoms with Gasteiger partial charge in [-0.1, -0.05) is 0 Å². The molecule has 1 aromatic heterocycles. The zero-order chi connectivity index (χ0) is 9.97. The smallest absolute Gasteiger partial charge is 0.180 e. The van der Waals surface area contributed by atoms with Gasteiger partial charge in [0.2, 0.25) is 0 Å². The SMILES string of the molecule is COc1cncc(SC)c1OC1CC1. The van der Waals surface area contributed by atoms with E-state index in [0.29, 0.717) is 6.10 Å². The first kappa shape index (κ1) is 9.65. The minimum Gasteiger partial charge on any atom is -0.491 e. The van der Waals surface area contributed by atoms with Gasteiger partial charge in [-0.2, -0.15) is 0 Å². The van der Waals surface area contributed by atoms with Crippen molar-refractivity contribution in [2.75, 3.05) is 13.4 Å². The van der Waals surface area contributed by atoms with Crippen LogP contribution in [0.25, 0.3) is 0 Å². The van der Waals surface area contributed by atoms with Crippen molar-refractivity contribution in [3.05, 3.63) is 12.4 Å². The molecule has 76 valence electrons. The van der Waals surface area contributed by atoms with Gasteiger partial charge in [-0.3, -0.25) is 4.98 Å². The Balaban J connectivity index is 2.29. The third kappa shape index (κ3) is 1.95. The fourth-order valence-electron chi connectivity index (χ4n) is 1.17. The van der Waals surface area contributed by atoms with Crippen LogP contribution in [0.3, 0.4) is 0 Å². The van der Waals surface area contributed by atoms with Crippen molar-refractivity contribution in [1.29, 1.82) is 0 Å². The highest BCUT2D eigenvalue weighted by Crippen LogP contribution is 2.39. The Bertz CT molecular complexity index is 304. The fourth-order valence-corrected chi connectivity index (χ4v) is 1.67. The minimum atomic E-state index is 0.386. The largest absolute Gasteiger partial charge is 0.491 e.